The van der Waals surface area contributed by atoms with Gasteiger partial charge in [-0.3, -0.25) is 4.79 Å². The molecule has 7 nitrogen and oxygen atoms in total. The van der Waals surface area contributed by atoms with Crippen LogP contribution in [0.5, 0.6) is 0 Å². The minimum absolute atomic E-state index is 0.0646. The number of carbonyl (C=O) groups excluding carboxylic acids is 1. The van der Waals surface area contributed by atoms with E-state index in [1.165, 1.54) is 11.3 Å². The smallest absolute Gasteiger partial charge is 0.292 e. The first kappa shape index (κ1) is 15.8. The fourth-order valence-corrected chi connectivity index (χ4v) is 3.61. The highest BCUT2D eigenvalue weighted by Crippen LogP contribution is 2.39. The van der Waals surface area contributed by atoms with Gasteiger partial charge in [0.15, 0.2) is 18.0 Å². The number of halogens is 1. The molecule has 1 aliphatic rings. The number of hydrogen-bond acceptors (Lipinski definition) is 5. The Morgan fingerprint density at radius 1 is 1.33 bits per heavy atom. The number of benzene rings is 1. The van der Waals surface area contributed by atoms with E-state index >= 15 is 4.39 Å². The van der Waals surface area contributed by atoms with E-state index in [-0.39, 0.29) is 17.4 Å². The van der Waals surface area contributed by atoms with Crippen LogP contribution in [0.2, 0.25) is 0 Å². The number of H-pyrrole nitrogens is 1. The van der Waals surface area contributed by atoms with Crippen molar-refractivity contribution < 1.29 is 18.0 Å². The fourth-order valence-electron chi connectivity index (χ4n) is 3.61. The third-order valence-electron chi connectivity index (χ3n) is 4.93. The van der Waals surface area contributed by atoms with Crippen molar-refractivity contribution in [3.05, 3.63) is 71.4 Å². The number of aromatic nitrogens is 3. The number of aromatic amines is 1. The van der Waals surface area contributed by atoms with Gasteiger partial charge >= 0.3 is 0 Å². The van der Waals surface area contributed by atoms with Crippen LogP contribution in [0.1, 0.15) is 39.4 Å². The zero-order chi connectivity index (χ0) is 18.5. The molecule has 3 aromatic heterocycles. The number of fused-ring (bicyclic) bond motifs is 2. The molecule has 8 heteroatoms. The van der Waals surface area contributed by atoms with E-state index in [1.54, 1.807) is 37.5 Å². The molecule has 136 valence electrons. The minimum Gasteiger partial charge on any atom is -0.455 e. The summed E-state index contributed by atoms with van der Waals surface area (Å²) < 4.78 is 26.3. The molecule has 0 unspecified atom stereocenters. The Labute approximate surface area is 152 Å². The Kier molecular flexibility index (Phi) is 3.40. The van der Waals surface area contributed by atoms with E-state index in [4.69, 9.17) is 8.83 Å². The van der Waals surface area contributed by atoms with E-state index in [2.05, 4.69) is 15.0 Å². The van der Waals surface area contributed by atoms with Crippen LogP contribution in [0, 0.1) is 12.7 Å². The maximum atomic E-state index is 15.2. The fraction of sp³-hybridized carbons (Fsp3) is 0.211. The van der Waals surface area contributed by atoms with Crippen molar-refractivity contribution in [2.75, 3.05) is 6.54 Å². The Morgan fingerprint density at radius 3 is 2.96 bits per heavy atom. The summed E-state index contributed by atoms with van der Waals surface area (Å²) in [5.41, 5.74) is 2.34. The zero-order valence-corrected chi connectivity index (χ0v) is 14.4. The van der Waals surface area contributed by atoms with E-state index in [1.807, 2.05) is 0 Å². The predicted octanol–water partition coefficient (Wildman–Crippen LogP) is 3.38. The van der Waals surface area contributed by atoms with Gasteiger partial charge < -0.3 is 18.7 Å². The van der Waals surface area contributed by atoms with Crippen molar-refractivity contribution >= 4 is 16.9 Å². The summed E-state index contributed by atoms with van der Waals surface area (Å²) in [7, 11) is 0. The number of nitrogens with one attached hydrogen (secondary N) is 1. The van der Waals surface area contributed by atoms with Gasteiger partial charge in [0.1, 0.15) is 11.6 Å². The van der Waals surface area contributed by atoms with Gasteiger partial charge in [0.05, 0.1) is 23.1 Å². The first-order chi connectivity index (χ1) is 13.1. The standard InChI is InChI=1S/C19H15FN4O3/c1-10-17(26-9-23-10)19(25)24-7-6-12-15(22-8-21-12)16(24)18-14(20)11-4-2-3-5-13(11)27-18/h2-5,8-9,16H,6-7H2,1H3,(H,21,22)/t16-/m0/s1. The molecule has 27 heavy (non-hydrogen) atoms. The zero-order valence-electron chi connectivity index (χ0n) is 14.4. The number of amides is 1. The van der Waals surface area contributed by atoms with Crippen LogP contribution in [-0.2, 0) is 6.42 Å². The van der Waals surface area contributed by atoms with E-state index in [9.17, 15) is 4.79 Å². The molecule has 0 bridgehead atoms. The second-order valence-electron chi connectivity index (χ2n) is 6.46. The Hall–Kier alpha value is -3.42. The van der Waals surface area contributed by atoms with Crippen LogP contribution in [0.3, 0.4) is 0 Å². The highest BCUT2D eigenvalue weighted by atomic mass is 19.1. The van der Waals surface area contributed by atoms with Gasteiger partial charge in [-0.15, -0.1) is 0 Å². The second-order valence-corrected chi connectivity index (χ2v) is 6.46. The van der Waals surface area contributed by atoms with Gasteiger partial charge in [-0.25, -0.2) is 14.4 Å². The molecule has 5 rings (SSSR count). The second kappa shape index (κ2) is 5.80. The minimum atomic E-state index is -0.788. The molecule has 0 radical (unpaired) electrons. The predicted molar refractivity (Wildman–Crippen MR) is 92.6 cm³/mol. The number of hydrogen-bond donors (Lipinski definition) is 1. The topological polar surface area (TPSA) is 88.2 Å². The van der Waals surface area contributed by atoms with E-state index in [0.717, 1.165) is 5.69 Å². The van der Waals surface area contributed by atoms with Crippen molar-refractivity contribution in [1.29, 1.82) is 0 Å². The summed E-state index contributed by atoms with van der Waals surface area (Å²) in [6.45, 7) is 2.06. The average Bonchev–Trinajstić information content (AvgIpc) is 3.39. The van der Waals surface area contributed by atoms with Gasteiger partial charge in [-0.1, -0.05) is 12.1 Å². The molecule has 0 saturated heterocycles. The summed E-state index contributed by atoms with van der Waals surface area (Å²) >= 11 is 0. The van der Waals surface area contributed by atoms with Gasteiger partial charge in [-0.2, -0.15) is 0 Å². The number of aryl methyl sites for hydroxylation is 1. The van der Waals surface area contributed by atoms with Gasteiger partial charge in [-0.05, 0) is 19.1 Å². The molecule has 1 N–H and O–H groups in total. The normalized spacial score (nSPS) is 16.7. The van der Waals surface area contributed by atoms with Crippen molar-refractivity contribution in [2.45, 2.75) is 19.4 Å². The number of carbonyl (C=O) groups is 1. The molecule has 0 aliphatic carbocycles. The van der Waals surface area contributed by atoms with E-state index < -0.39 is 11.9 Å². The summed E-state index contributed by atoms with van der Waals surface area (Å²) in [4.78, 5) is 26.0. The molecular formula is C19H15FN4O3. The van der Waals surface area contributed by atoms with Crippen LogP contribution < -0.4 is 0 Å². The quantitative estimate of drug-likeness (QED) is 0.588. The number of para-hydroxylation sites is 1. The lowest BCUT2D eigenvalue weighted by Crippen LogP contribution is -2.41. The van der Waals surface area contributed by atoms with Crippen molar-refractivity contribution in [3.63, 3.8) is 0 Å². The Bertz CT molecular complexity index is 1160. The molecule has 1 aliphatic heterocycles. The molecule has 1 aromatic carbocycles. The van der Waals surface area contributed by atoms with Gasteiger partial charge in [0, 0.05) is 18.7 Å². The first-order valence-corrected chi connectivity index (χ1v) is 8.55. The first-order valence-electron chi connectivity index (χ1n) is 8.55. The van der Waals surface area contributed by atoms with Crippen molar-refractivity contribution in [2.24, 2.45) is 0 Å². The van der Waals surface area contributed by atoms with Crippen molar-refractivity contribution in [1.82, 2.24) is 19.9 Å². The molecule has 4 aromatic rings. The highest BCUT2D eigenvalue weighted by molar-refractivity contribution is 5.93. The number of rotatable bonds is 2. The van der Waals surface area contributed by atoms with Crippen LogP contribution in [0.15, 0.2) is 45.8 Å². The maximum absolute atomic E-state index is 15.2. The summed E-state index contributed by atoms with van der Waals surface area (Å²) in [6.07, 6.45) is 3.35. The van der Waals surface area contributed by atoms with E-state index in [0.29, 0.717) is 35.3 Å². The molecule has 1 amide bonds. The molecular weight excluding hydrogens is 351 g/mol. The lowest BCUT2D eigenvalue weighted by atomic mass is 9.99. The number of furan rings is 1. The molecule has 4 heterocycles. The van der Waals surface area contributed by atoms with Crippen LogP contribution >= 0.6 is 0 Å². The maximum Gasteiger partial charge on any atom is 0.292 e. The molecule has 0 saturated carbocycles. The highest BCUT2D eigenvalue weighted by Gasteiger charge is 2.40. The third-order valence-corrected chi connectivity index (χ3v) is 4.93. The lowest BCUT2D eigenvalue weighted by molar-refractivity contribution is 0.0635. The SMILES string of the molecule is Cc1ncoc1C(=O)N1CCc2[nH]cnc2[C@H]1c1oc2ccccc2c1F. The molecule has 0 fully saturated rings. The third kappa shape index (κ3) is 2.29. The lowest BCUT2D eigenvalue weighted by Gasteiger charge is -2.33. The van der Waals surface area contributed by atoms with Crippen LogP contribution in [0.25, 0.3) is 11.0 Å². The van der Waals surface area contributed by atoms with Gasteiger partial charge in [0.2, 0.25) is 5.76 Å². The summed E-state index contributed by atoms with van der Waals surface area (Å²) in [5.74, 6) is -0.660. The monoisotopic (exact) mass is 366 g/mol. The van der Waals surface area contributed by atoms with Crippen LogP contribution in [-0.4, -0.2) is 32.3 Å². The average molecular weight is 366 g/mol. The molecule has 0 spiro atoms. The largest absolute Gasteiger partial charge is 0.455 e. The van der Waals surface area contributed by atoms with Gasteiger partial charge in [0.25, 0.3) is 5.91 Å². The van der Waals surface area contributed by atoms with Crippen molar-refractivity contribution in [3.8, 4) is 0 Å². The Balaban J connectivity index is 1.68. The van der Waals surface area contributed by atoms with Crippen LogP contribution in [0.4, 0.5) is 4.39 Å². The number of oxazole rings is 1. The number of imidazole rings is 1. The molecule has 1 atom stereocenters. The Morgan fingerprint density at radius 2 is 2.19 bits per heavy atom. The summed E-state index contributed by atoms with van der Waals surface area (Å²) in [6, 6.07) is 6.08. The summed E-state index contributed by atoms with van der Waals surface area (Å²) in [5, 5.41) is 0.374. The number of nitrogens with zero attached hydrogens (tertiary/aromatic N) is 3.